The number of methoxy groups -OCH3 is 1. The lowest BCUT2D eigenvalue weighted by Crippen LogP contribution is -2.48. The van der Waals surface area contributed by atoms with Crippen molar-refractivity contribution in [3.63, 3.8) is 0 Å². The third-order valence-corrected chi connectivity index (χ3v) is 7.54. The van der Waals surface area contributed by atoms with E-state index in [9.17, 15) is 14.0 Å². The number of hydrogen-bond donors (Lipinski definition) is 1. The lowest BCUT2D eigenvalue weighted by atomic mass is 9.88. The van der Waals surface area contributed by atoms with Crippen LogP contribution < -0.4 is 5.32 Å². The molecule has 2 aromatic rings. The van der Waals surface area contributed by atoms with Crippen LogP contribution in [-0.4, -0.2) is 43.0 Å². The Labute approximate surface area is 180 Å². The van der Waals surface area contributed by atoms with Crippen molar-refractivity contribution in [2.45, 2.75) is 57.6 Å². The maximum atomic E-state index is 14.4. The van der Waals surface area contributed by atoms with Crippen LogP contribution in [0, 0.1) is 11.7 Å². The number of thiophene rings is 1. The van der Waals surface area contributed by atoms with Gasteiger partial charge in [-0.3, -0.25) is 9.59 Å². The molecule has 1 aliphatic heterocycles. The van der Waals surface area contributed by atoms with Crippen molar-refractivity contribution in [1.82, 2.24) is 10.2 Å². The van der Waals surface area contributed by atoms with E-state index in [1.807, 2.05) is 11.0 Å². The van der Waals surface area contributed by atoms with Crippen LogP contribution in [0.15, 0.2) is 18.2 Å². The molecule has 2 aliphatic rings. The summed E-state index contributed by atoms with van der Waals surface area (Å²) in [6.07, 6.45) is 7.01. The standard InChI is InChI=1S/C23H29FN2O3S/c1-29-14-17-20-18(24)8-5-9-19(20)30-21(17)23(28)26-12-10-16(11-13-26)25-22(27)15-6-3-2-4-7-15/h5,8-9,15-16H,2-4,6-7,10-14H2,1H3,(H,25,27). The lowest BCUT2D eigenvalue weighted by Gasteiger charge is -2.33. The first-order chi connectivity index (χ1) is 14.6. The fourth-order valence-electron chi connectivity index (χ4n) is 4.68. The minimum Gasteiger partial charge on any atom is -0.380 e. The van der Waals surface area contributed by atoms with Gasteiger partial charge < -0.3 is 15.0 Å². The van der Waals surface area contributed by atoms with Gasteiger partial charge in [-0.05, 0) is 37.8 Å². The second kappa shape index (κ2) is 9.43. The van der Waals surface area contributed by atoms with Crippen LogP contribution >= 0.6 is 11.3 Å². The molecule has 1 N–H and O–H groups in total. The minimum absolute atomic E-state index is 0.0697. The summed E-state index contributed by atoms with van der Waals surface area (Å²) in [7, 11) is 1.55. The Morgan fingerprint density at radius 2 is 1.90 bits per heavy atom. The van der Waals surface area contributed by atoms with Crippen molar-refractivity contribution >= 4 is 33.2 Å². The molecule has 1 saturated carbocycles. The molecule has 7 heteroatoms. The van der Waals surface area contributed by atoms with Gasteiger partial charge in [0.05, 0.1) is 11.5 Å². The molecule has 0 unspecified atom stereocenters. The summed E-state index contributed by atoms with van der Waals surface area (Å²) in [5.74, 6) is -0.0519. The molecule has 2 heterocycles. The Hall–Kier alpha value is -1.99. The van der Waals surface area contributed by atoms with Gasteiger partial charge in [-0.25, -0.2) is 4.39 Å². The number of nitrogens with zero attached hydrogens (tertiary/aromatic N) is 1. The van der Waals surface area contributed by atoms with Crippen molar-refractivity contribution in [3.05, 3.63) is 34.5 Å². The van der Waals surface area contributed by atoms with Crippen LogP contribution in [0.4, 0.5) is 4.39 Å². The third-order valence-electron chi connectivity index (χ3n) is 6.35. The van der Waals surface area contributed by atoms with Gasteiger partial charge in [0.25, 0.3) is 5.91 Å². The number of hydrogen-bond acceptors (Lipinski definition) is 4. The predicted molar refractivity (Wildman–Crippen MR) is 116 cm³/mol. The molecule has 0 spiro atoms. The molecule has 1 aromatic heterocycles. The number of ether oxygens (including phenoxy) is 1. The summed E-state index contributed by atoms with van der Waals surface area (Å²) < 4.78 is 20.4. The Balaban J connectivity index is 1.41. The normalized spacial score (nSPS) is 18.7. The smallest absolute Gasteiger partial charge is 0.264 e. The van der Waals surface area contributed by atoms with Gasteiger partial charge in [0.1, 0.15) is 5.82 Å². The summed E-state index contributed by atoms with van der Waals surface area (Å²) in [4.78, 5) is 28.1. The number of carbonyl (C=O) groups is 2. The molecule has 2 amide bonds. The van der Waals surface area contributed by atoms with E-state index >= 15 is 0 Å². The molecule has 0 atom stereocenters. The highest BCUT2D eigenvalue weighted by Gasteiger charge is 2.30. The Morgan fingerprint density at radius 1 is 1.17 bits per heavy atom. The first-order valence-corrected chi connectivity index (χ1v) is 11.7. The van der Waals surface area contributed by atoms with Gasteiger partial charge in [0, 0.05) is 47.8 Å². The van der Waals surface area contributed by atoms with Crippen LogP contribution in [0.3, 0.4) is 0 Å². The van der Waals surface area contributed by atoms with Crippen molar-refractivity contribution in [2.24, 2.45) is 5.92 Å². The van der Waals surface area contributed by atoms with Crippen LogP contribution in [0.2, 0.25) is 0 Å². The molecule has 5 nitrogen and oxygen atoms in total. The molecule has 0 radical (unpaired) electrons. The van der Waals surface area contributed by atoms with E-state index in [2.05, 4.69) is 5.32 Å². The SMILES string of the molecule is COCc1c(C(=O)N2CCC(NC(=O)C3CCCCC3)CC2)sc2cccc(F)c12. The molecule has 1 aliphatic carbocycles. The van der Waals surface area contributed by atoms with E-state index in [1.165, 1.54) is 23.8 Å². The fraction of sp³-hybridized carbons (Fsp3) is 0.565. The summed E-state index contributed by atoms with van der Waals surface area (Å²) in [5, 5.41) is 3.69. The first kappa shape index (κ1) is 21.2. The lowest BCUT2D eigenvalue weighted by molar-refractivity contribution is -0.126. The van der Waals surface area contributed by atoms with Gasteiger partial charge >= 0.3 is 0 Å². The van der Waals surface area contributed by atoms with Gasteiger partial charge in [0.15, 0.2) is 0 Å². The monoisotopic (exact) mass is 432 g/mol. The number of likely N-dealkylation sites (tertiary alicyclic amines) is 1. The van der Waals surface area contributed by atoms with E-state index < -0.39 is 0 Å². The summed E-state index contributed by atoms with van der Waals surface area (Å²) in [5.41, 5.74) is 0.633. The highest BCUT2D eigenvalue weighted by atomic mass is 32.1. The number of benzene rings is 1. The molecule has 2 fully saturated rings. The molecular formula is C23H29FN2O3S. The fourth-order valence-corrected chi connectivity index (χ4v) is 5.87. The first-order valence-electron chi connectivity index (χ1n) is 10.9. The van der Waals surface area contributed by atoms with E-state index in [0.717, 1.165) is 43.2 Å². The number of rotatable bonds is 5. The van der Waals surface area contributed by atoms with E-state index in [-0.39, 0.29) is 36.2 Å². The number of amides is 2. The van der Waals surface area contributed by atoms with Gasteiger partial charge in [-0.15, -0.1) is 11.3 Å². The third kappa shape index (κ3) is 4.37. The molecule has 0 bridgehead atoms. The number of fused-ring (bicyclic) bond motifs is 1. The predicted octanol–water partition coefficient (Wildman–Crippen LogP) is 4.49. The van der Waals surface area contributed by atoms with Gasteiger partial charge in [-0.2, -0.15) is 0 Å². The second-order valence-electron chi connectivity index (χ2n) is 8.37. The maximum Gasteiger partial charge on any atom is 0.264 e. The summed E-state index contributed by atoms with van der Waals surface area (Å²) in [6.45, 7) is 1.39. The Kier molecular flexibility index (Phi) is 6.68. The van der Waals surface area contributed by atoms with Crippen LogP contribution in [0.1, 0.15) is 60.2 Å². The number of nitrogens with one attached hydrogen (secondary N) is 1. The molecule has 1 saturated heterocycles. The molecule has 1 aromatic carbocycles. The highest BCUT2D eigenvalue weighted by molar-refractivity contribution is 7.21. The molecule has 4 rings (SSSR count). The topological polar surface area (TPSA) is 58.6 Å². The van der Waals surface area contributed by atoms with E-state index in [1.54, 1.807) is 13.2 Å². The highest BCUT2D eigenvalue weighted by Crippen LogP contribution is 2.35. The molecule has 162 valence electrons. The largest absolute Gasteiger partial charge is 0.380 e. The maximum absolute atomic E-state index is 14.4. The summed E-state index contributed by atoms with van der Waals surface area (Å²) in [6, 6.07) is 5.05. The van der Waals surface area contributed by atoms with Crippen LogP contribution in [0.5, 0.6) is 0 Å². The van der Waals surface area contributed by atoms with Crippen LogP contribution in [-0.2, 0) is 16.1 Å². The van der Waals surface area contributed by atoms with Crippen molar-refractivity contribution in [2.75, 3.05) is 20.2 Å². The Morgan fingerprint density at radius 3 is 2.60 bits per heavy atom. The van der Waals surface area contributed by atoms with Gasteiger partial charge in [0.2, 0.25) is 5.91 Å². The zero-order valence-corrected chi connectivity index (χ0v) is 18.2. The summed E-state index contributed by atoms with van der Waals surface area (Å²) >= 11 is 1.33. The Bertz CT molecular complexity index is 915. The van der Waals surface area contributed by atoms with Crippen molar-refractivity contribution < 1.29 is 18.7 Å². The molecular weight excluding hydrogens is 403 g/mol. The quantitative estimate of drug-likeness (QED) is 0.757. The number of piperidine rings is 1. The van der Waals surface area contributed by atoms with Crippen LogP contribution in [0.25, 0.3) is 10.1 Å². The minimum atomic E-state index is -0.320. The average Bonchev–Trinajstić information content (AvgIpc) is 3.14. The molecule has 30 heavy (non-hydrogen) atoms. The van der Waals surface area contributed by atoms with Crippen molar-refractivity contribution in [1.29, 1.82) is 0 Å². The number of carbonyl (C=O) groups excluding carboxylic acids is 2. The van der Waals surface area contributed by atoms with E-state index in [0.29, 0.717) is 28.9 Å². The zero-order valence-electron chi connectivity index (χ0n) is 17.4. The average molecular weight is 433 g/mol. The zero-order chi connectivity index (χ0) is 21.1. The number of halogens is 1. The second-order valence-corrected chi connectivity index (χ2v) is 9.42. The van der Waals surface area contributed by atoms with Gasteiger partial charge in [-0.1, -0.05) is 25.3 Å². The van der Waals surface area contributed by atoms with Crippen molar-refractivity contribution in [3.8, 4) is 0 Å². The van der Waals surface area contributed by atoms with E-state index in [4.69, 9.17) is 4.74 Å².